The zero-order valence-corrected chi connectivity index (χ0v) is 18.3. The summed E-state index contributed by atoms with van der Waals surface area (Å²) in [6.07, 6.45) is 3.80. The van der Waals surface area contributed by atoms with Gasteiger partial charge in [0.1, 0.15) is 5.69 Å². The van der Waals surface area contributed by atoms with Crippen LogP contribution in [0.5, 0.6) is 0 Å². The third kappa shape index (κ3) is 4.01. The first-order chi connectivity index (χ1) is 15.6. The summed E-state index contributed by atoms with van der Waals surface area (Å²) in [4.78, 5) is 13.4. The minimum atomic E-state index is -0.0174. The maximum atomic E-state index is 13.4. The maximum absolute atomic E-state index is 13.4. The van der Waals surface area contributed by atoms with E-state index < -0.39 is 0 Å². The molecule has 5 rings (SSSR count). The van der Waals surface area contributed by atoms with E-state index in [9.17, 15) is 4.79 Å². The molecule has 3 aromatic carbocycles. The second kappa shape index (κ2) is 8.77. The third-order valence-electron chi connectivity index (χ3n) is 6.75. The van der Waals surface area contributed by atoms with Crippen LogP contribution in [0.1, 0.15) is 47.3 Å². The third-order valence-corrected chi connectivity index (χ3v) is 6.75. The summed E-state index contributed by atoms with van der Waals surface area (Å²) >= 11 is 0. The minimum Gasteiger partial charge on any atom is -0.348 e. The Bertz CT molecular complexity index is 1260. The van der Waals surface area contributed by atoms with Crippen molar-refractivity contribution < 1.29 is 4.79 Å². The van der Waals surface area contributed by atoms with Gasteiger partial charge in [-0.2, -0.15) is 0 Å². The molecule has 5 N–H and O–H groups in total. The first-order valence-corrected chi connectivity index (χ1v) is 11.5. The first kappa shape index (κ1) is 20.7. The quantitative estimate of drug-likeness (QED) is 0.445. The molecule has 0 saturated heterocycles. The highest BCUT2D eigenvalue weighted by Crippen LogP contribution is 2.26. The van der Waals surface area contributed by atoms with E-state index in [4.69, 9.17) is 11.5 Å². The Morgan fingerprint density at radius 1 is 0.938 bits per heavy atom. The summed E-state index contributed by atoms with van der Waals surface area (Å²) in [7, 11) is 0. The summed E-state index contributed by atoms with van der Waals surface area (Å²) in [5, 5.41) is 6.73. The molecule has 0 spiro atoms. The van der Waals surface area contributed by atoms with Crippen molar-refractivity contribution in [3.8, 4) is 0 Å². The molecule has 0 atom stereocenters. The van der Waals surface area contributed by atoms with Crippen molar-refractivity contribution in [2.24, 2.45) is 11.5 Å². The van der Waals surface area contributed by atoms with Crippen LogP contribution in [0.3, 0.4) is 0 Å². The smallest absolute Gasteiger partial charge is 0.268 e. The molecule has 32 heavy (non-hydrogen) atoms. The number of fused-ring (bicyclic) bond motifs is 2. The lowest BCUT2D eigenvalue weighted by Crippen LogP contribution is -2.41. The lowest BCUT2D eigenvalue weighted by atomic mass is 9.92. The highest BCUT2D eigenvalue weighted by molar-refractivity contribution is 5.99. The van der Waals surface area contributed by atoms with Crippen LogP contribution in [-0.2, 0) is 13.1 Å². The lowest BCUT2D eigenvalue weighted by Gasteiger charge is -2.27. The molecule has 0 unspecified atom stereocenters. The number of carbonyl (C=O) groups is 1. The van der Waals surface area contributed by atoms with Gasteiger partial charge >= 0.3 is 0 Å². The van der Waals surface area contributed by atoms with Gasteiger partial charge in [-0.25, -0.2) is 0 Å². The van der Waals surface area contributed by atoms with Crippen LogP contribution in [0.25, 0.3) is 21.7 Å². The Kier molecular flexibility index (Phi) is 5.68. The van der Waals surface area contributed by atoms with Crippen molar-refractivity contribution >= 4 is 27.6 Å². The van der Waals surface area contributed by atoms with Gasteiger partial charge in [-0.05, 0) is 59.7 Å². The summed E-state index contributed by atoms with van der Waals surface area (Å²) in [6.45, 7) is 1.09. The number of nitrogens with zero attached hydrogens (tertiary/aromatic N) is 1. The Balaban J connectivity index is 1.55. The molecular weight excluding hydrogens is 396 g/mol. The van der Waals surface area contributed by atoms with Crippen LogP contribution in [0.15, 0.2) is 66.7 Å². The summed E-state index contributed by atoms with van der Waals surface area (Å²) in [5.74, 6) is -0.0174. The topological polar surface area (TPSA) is 86.1 Å². The van der Waals surface area contributed by atoms with Crippen LogP contribution < -0.4 is 16.8 Å². The van der Waals surface area contributed by atoms with Gasteiger partial charge in [-0.3, -0.25) is 4.79 Å². The largest absolute Gasteiger partial charge is 0.348 e. The fourth-order valence-electron chi connectivity index (χ4n) is 4.91. The second-order valence-electron chi connectivity index (χ2n) is 8.94. The normalized spacial score (nSPS) is 18.8. The average Bonchev–Trinajstić information content (AvgIpc) is 3.18. The zero-order chi connectivity index (χ0) is 22.1. The number of hydrogen-bond acceptors (Lipinski definition) is 3. The summed E-state index contributed by atoms with van der Waals surface area (Å²) in [5.41, 5.74) is 15.9. The number of benzene rings is 3. The number of amides is 1. The molecule has 5 heteroatoms. The minimum absolute atomic E-state index is 0.0174. The highest BCUT2D eigenvalue weighted by atomic mass is 16.2. The molecule has 1 heterocycles. The van der Waals surface area contributed by atoms with Gasteiger partial charge in [-0.15, -0.1) is 0 Å². The predicted octanol–water partition coefficient (Wildman–Crippen LogP) is 4.30. The molecular formula is C27H30N4O. The van der Waals surface area contributed by atoms with E-state index in [0.717, 1.165) is 42.1 Å². The number of rotatable bonds is 5. The van der Waals surface area contributed by atoms with Gasteiger partial charge in [0.05, 0.1) is 0 Å². The van der Waals surface area contributed by atoms with Gasteiger partial charge in [-0.1, -0.05) is 54.6 Å². The van der Waals surface area contributed by atoms with E-state index in [1.54, 1.807) is 0 Å². The van der Waals surface area contributed by atoms with Crippen LogP contribution in [0, 0.1) is 0 Å². The Morgan fingerprint density at radius 3 is 2.53 bits per heavy atom. The maximum Gasteiger partial charge on any atom is 0.268 e. The van der Waals surface area contributed by atoms with E-state index in [1.165, 1.54) is 16.3 Å². The fraction of sp³-hybridized carbons (Fsp3) is 0.296. The lowest BCUT2D eigenvalue weighted by molar-refractivity contribution is 0.0917. The average molecular weight is 427 g/mol. The van der Waals surface area contributed by atoms with Crippen LogP contribution in [-0.4, -0.2) is 22.6 Å². The number of hydrogen-bond donors (Lipinski definition) is 3. The SMILES string of the molecule is NCc1ccc2cc(C(=O)NC3CCC(N)CC3)n(Cc3cccc4ccccc34)c2c1. The van der Waals surface area contributed by atoms with E-state index in [2.05, 4.69) is 64.5 Å². The molecule has 1 fully saturated rings. The molecule has 1 aliphatic rings. The van der Waals surface area contributed by atoms with E-state index in [1.807, 2.05) is 12.1 Å². The molecule has 1 aromatic heterocycles. The van der Waals surface area contributed by atoms with Crippen LogP contribution in [0.2, 0.25) is 0 Å². The van der Waals surface area contributed by atoms with Crippen molar-refractivity contribution in [2.75, 3.05) is 0 Å². The van der Waals surface area contributed by atoms with Crippen molar-refractivity contribution in [3.63, 3.8) is 0 Å². The van der Waals surface area contributed by atoms with Gasteiger partial charge in [0.25, 0.3) is 5.91 Å². The molecule has 0 bridgehead atoms. The monoisotopic (exact) mass is 426 g/mol. The summed E-state index contributed by atoms with van der Waals surface area (Å²) in [6, 6.07) is 23.4. The molecule has 1 saturated carbocycles. The van der Waals surface area contributed by atoms with Crippen LogP contribution >= 0.6 is 0 Å². The van der Waals surface area contributed by atoms with E-state index >= 15 is 0 Å². The summed E-state index contributed by atoms with van der Waals surface area (Å²) < 4.78 is 2.14. The molecule has 1 aliphatic carbocycles. The Hall–Kier alpha value is -3.15. The van der Waals surface area contributed by atoms with Crippen molar-refractivity contribution in [2.45, 2.75) is 50.9 Å². The van der Waals surface area contributed by atoms with Crippen LogP contribution in [0.4, 0.5) is 0 Å². The second-order valence-corrected chi connectivity index (χ2v) is 8.94. The molecule has 1 amide bonds. The van der Waals surface area contributed by atoms with Gasteiger partial charge in [0.2, 0.25) is 0 Å². The van der Waals surface area contributed by atoms with E-state index in [-0.39, 0.29) is 18.0 Å². The van der Waals surface area contributed by atoms with E-state index in [0.29, 0.717) is 18.8 Å². The van der Waals surface area contributed by atoms with Gasteiger partial charge in [0.15, 0.2) is 0 Å². The molecule has 5 nitrogen and oxygen atoms in total. The van der Waals surface area contributed by atoms with Crippen molar-refractivity contribution in [3.05, 3.63) is 83.6 Å². The van der Waals surface area contributed by atoms with Gasteiger partial charge in [0, 0.05) is 36.1 Å². The number of carbonyl (C=O) groups excluding carboxylic acids is 1. The van der Waals surface area contributed by atoms with Gasteiger partial charge < -0.3 is 21.4 Å². The highest BCUT2D eigenvalue weighted by Gasteiger charge is 2.23. The molecule has 164 valence electrons. The molecule has 0 aliphatic heterocycles. The Morgan fingerprint density at radius 2 is 1.72 bits per heavy atom. The fourth-order valence-corrected chi connectivity index (χ4v) is 4.91. The van der Waals surface area contributed by atoms with Crippen molar-refractivity contribution in [1.82, 2.24) is 9.88 Å². The number of aromatic nitrogens is 1. The standard InChI is InChI=1S/C27H30N4O/c28-16-18-8-9-20-15-26(27(32)30-23-12-10-22(29)11-13-23)31(25(20)14-18)17-21-6-3-5-19-4-1-2-7-24(19)21/h1-9,14-15,22-23H,10-13,16-17,28-29H2,(H,30,32). The first-order valence-electron chi connectivity index (χ1n) is 11.5. The predicted molar refractivity (Wildman–Crippen MR) is 131 cm³/mol. The molecule has 4 aromatic rings. The Labute approximate surface area is 188 Å². The number of nitrogens with one attached hydrogen (secondary N) is 1. The molecule has 0 radical (unpaired) electrons. The zero-order valence-electron chi connectivity index (χ0n) is 18.3. The number of nitrogens with two attached hydrogens (primary N) is 2. The van der Waals surface area contributed by atoms with Crippen molar-refractivity contribution in [1.29, 1.82) is 0 Å².